The Kier molecular flexibility index (Phi) is 7.75. The van der Waals surface area contributed by atoms with Crippen LogP contribution < -0.4 is 9.80 Å². The quantitative estimate of drug-likeness (QED) is 0.161. The van der Waals surface area contributed by atoms with Gasteiger partial charge in [0, 0.05) is 34.0 Å². The van der Waals surface area contributed by atoms with Crippen molar-refractivity contribution in [1.29, 1.82) is 0 Å². The van der Waals surface area contributed by atoms with Gasteiger partial charge in [-0.3, -0.25) is 0 Å². The lowest BCUT2D eigenvalue weighted by Crippen LogP contribution is -2.29. The van der Waals surface area contributed by atoms with Gasteiger partial charge in [0.1, 0.15) is 0 Å². The van der Waals surface area contributed by atoms with Gasteiger partial charge in [-0.2, -0.15) is 0 Å². The van der Waals surface area contributed by atoms with Gasteiger partial charge in [0.15, 0.2) is 0 Å². The summed E-state index contributed by atoms with van der Waals surface area (Å²) >= 11 is 0. The Hall–Kier alpha value is -6.64. The molecule has 0 amide bonds. The zero-order valence-electron chi connectivity index (χ0n) is 28.2. The molecule has 0 bridgehead atoms. The van der Waals surface area contributed by atoms with E-state index in [1.165, 1.54) is 33.4 Å². The minimum Gasteiger partial charge on any atom is -0.310 e. The van der Waals surface area contributed by atoms with Gasteiger partial charge in [0.05, 0.1) is 11.1 Å². The molecule has 0 atom stereocenters. The number of hydrogen-bond donors (Lipinski definition) is 0. The first kappa shape index (κ1) is 30.4. The molecule has 0 N–H and O–H groups in total. The average molecular weight is 653 g/mol. The van der Waals surface area contributed by atoms with E-state index in [4.69, 9.17) is 0 Å². The van der Waals surface area contributed by atoms with E-state index in [1.54, 1.807) is 0 Å². The van der Waals surface area contributed by atoms with Crippen molar-refractivity contribution in [3.63, 3.8) is 0 Å². The number of para-hydroxylation sites is 4. The van der Waals surface area contributed by atoms with Crippen LogP contribution in [-0.4, -0.2) is 0 Å². The second kappa shape index (κ2) is 13.0. The zero-order valence-corrected chi connectivity index (χ0v) is 28.2. The van der Waals surface area contributed by atoms with Gasteiger partial charge in [-0.1, -0.05) is 152 Å². The average Bonchev–Trinajstić information content (AvgIpc) is 3.51. The molecule has 0 saturated carbocycles. The van der Waals surface area contributed by atoms with Crippen LogP contribution in [0.15, 0.2) is 218 Å². The molecule has 0 spiro atoms. The van der Waals surface area contributed by atoms with Crippen LogP contribution in [0.2, 0.25) is 0 Å². The number of fused-ring (bicyclic) bond motifs is 3. The molecule has 8 aromatic rings. The maximum absolute atomic E-state index is 2.44. The highest BCUT2D eigenvalue weighted by molar-refractivity contribution is 5.98. The summed E-state index contributed by atoms with van der Waals surface area (Å²) in [6.07, 6.45) is 0. The van der Waals surface area contributed by atoms with Crippen molar-refractivity contribution in [3.05, 3.63) is 241 Å². The van der Waals surface area contributed by atoms with Gasteiger partial charge in [0.2, 0.25) is 0 Å². The second-order valence-electron chi connectivity index (χ2n) is 12.9. The highest BCUT2D eigenvalue weighted by Crippen LogP contribution is 2.60. The highest BCUT2D eigenvalue weighted by Gasteiger charge is 2.47. The van der Waals surface area contributed by atoms with Crippen molar-refractivity contribution in [1.82, 2.24) is 0 Å². The summed E-state index contributed by atoms with van der Waals surface area (Å²) in [5.74, 6) is 0. The molecule has 0 heterocycles. The lowest BCUT2D eigenvalue weighted by atomic mass is 9.67. The zero-order chi connectivity index (χ0) is 34.0. The van der Waals surface area contributed by atoms with Gasteiger partial charge in [-0.15, -0.1) is 0 Å². The third-order valence-electron chi connectivity index (χ3n) is 10.1. The molecule has 0 aromatic heterocycles. The van der Waals surface area contributed by atoms with Crippen LogP contribution in [-0.2, 0) is 5.41 Å². The first-order chi connectivity index (χ1) is 25.3. The van der Waals surface area contributed by atoms with Crippen molar-refractivity contribution >= 4 is 34.1 Å². The lowest BCUT2D eigenvalue weighted by molar-refractivity contribution is 0.768. The lowest BCUT2D eigenvalue weighted by Gasteiger charge is -2.35. The normalized spacial score (nSPS) is 12.5. The second-order valence-corrected chi connectivity index (χ2v) is 12.9. The van der Waals surface area contributed by atoms with Gasteiger partial charge < -0.3 is 9.80 Å². The summed E-state index contributed by atoms with van der Waals surface area (Å²) in [5, 5.41) is 0. The van der Waals surface area contributed by atoms with E-state index in [1.807, 2.05) is 0 Å². The summed E-state index contributed by atoms with van der Waals surface area (Å²) in [7, 11) is 0. The molecule has 0 fully saturated rings. The Labute approximate surface area is 300 Å². The molecule has 9 rings (SSSR count). The molecule has 2 nitrogen and oxygen atoms in total. The summed E-state index contributed by atoms with van der Waals surface area (Å²) in [6, 6.07) is 78.8. The third-order valence-corrected chi connectivity index (χ3v) is 10.1. The molecular weight excluding hydrogens is 617 g/mol. The van der Waals surface area contributed by atoms with Crippen molar-refractivity contribution in [2.75, 3.05) is 9.80 Å². The molecule has 242 valence electrons. The number of hydrogen-bond acceptors (Lipinski definition) is 2. The Morgan fingerprint density at radius 1 is 0.294 bits per heavy atom. The maximum Gasteiger partial charge on any atom is 0.0715 e. The Balaban J connectivity index is 1.39. The van der Waals surface area contributed by atoms with Crippen LogP contribution >= 0.6 is 0 Å². The van der Waals surface area contributed by atoms with E-state index in [-0.39, 0.29) is 0 Å². The summed E-state index contributed by atoms with van der Waals surface area (Å²) < 4.78 is 0. The fourth-order valence-electron chi connectivity index (χ4n) is 8.01. The van der Waals surface area contributed by atoms with Crippen LogP contribution in [0.3, 0.4) is 0 Å². The Morgan fingerprint density at radius 2 is 0.706 bits per heavy atom. The smallest absolute Gasteiger partial charge is 0.0715 e. The minimum atomic E-state index is -0.572. The molecule has 8 aromatic carbocycles. The minimum absolute atomic E-state index is 0.572. The predicted molar refractivity (Wildman–Crippen MR) is 213 cm³/mol. The molecule has 1 aliphatic rings. The number of anilines is 6. The Bertz CT molecular complexity index is 2270. The van der Waals surface area contributed by atoms with Crippen LogP contribution in [0.1, 0.15) is 22.3 Å². The number of nitrogens with zero attached hydrogens (tertiary/aromatic N) is 2. The maximum atomic E-state index is 2.44. The predicted octanol–water partition coefficient (Wildman–Crippen LogP) is 13.0. The SMILES string of the molecule is c1ccc(N(c2ccccc2)c2ccc3c(c2)C(c2ccccc2)(c2ccccc2)c2cccc(N(c4ccccc4)c4ccccc4)c2-3)cc1. The first-order valence-electron chi connectivity index (χ1n) is 17.5. The van der Waals surface area contributed by atoms with Gasteiger partial charge in [0.25, 0.3) is 0 Å². The van der Waals surface area contributed by atoms with E-state index in [2.05, 4.69) is 228 Å². The molecule has 0 radical (unpaired) electrons. The van der Waals surface area contributed by atoms with Crippen molar-refractivity contribution in [2.24, 2.45) is 0 Å². The highest BCUT2D eigenvalue weighted by atomic mass is 15.2. The molecule has 2 heteroatoms. The van der Waals surface area contributed by atoms with Gasteiger partial charge in [-0.05, 0) is 94.5 Å². The van der Waals surface area contributed by atoms with E-state index in [0.29, 0.717) is 0 Å². The fraction of sp³-hybridized carbons (Fsp3) is 0.0204. The first-order valence-corrected chi connectivity index (χ1v) is 17.5. The Morgan fingerprint density at radius 3 is 1.16 bits per heavy atom. The van der Waals surface area contributed by atoms with Crippen molar-refractivity contribution in [2.45, 2.75) is 5.41 Å². The van der Waals surface area contributed by atoms with Crippen LogP contribution in [0, 0.1) is 0 Å². The number of rotatable bonds is 8. The summed E-state index contributed by atoms with van der Waals surface area (Å²) in [5.41, 5.74) is 13.6. The monoisotopic (exact) mass is 652 g/mol. The van der Waals surface area contributed by atoms with E-state index in [9.17, 15) is 0 Å². The van der Waals surface area contributed by atoms with Gasteiger partial charge >= 0.3 is 0 Å². The molecular formula is C49H36N2. The van der Waals surface area contributed by atoms with Crippen LogP contribution in [0.5, 0.6) is 0 Å². The van der Waals surface area contributed by atoms with E-state index in [0.717, 1.165) is 34.1 Å². The van der Waals surface area contributed by atoms with E-state index < -0.39 is 5.41 Å². The third kappa shape index (κ3) is 5.12. The van der Waals surface area contributed by atoms with Crippen molar-refractivity contribution in [3.8, 4) is 11.1 Å². The summed E-state index contributed by atoms with van der Waals surface area (Å²) in [6.45, 7) is 0. The molecule has 1 aliphatic carbocycles. The largest absolute Gasteiger partial charge is 0.310 e. The number of benzene rings is 8. The topological polar surface area (TPSA) is 6.48 Å². The molecule has 0 unspecified atom stereocenters. The summed E-state index contributed by atoms with van der Waals surface area (Å²) in [4.78, 5) is 4.77. The standard InChI is InChI=1S/C49H36N2/c1-7-20-37(21-8-1)49(38-22-9-2-10-23-38)45-32-19-33-47(51(41-28-15-5-16-29-41)42-30-17-6-18-31-42)48(45)44-35-34-43(36-46(44)49)50(39-24-11-3-12-25-39)40-26-13-4-14-27-40/h1-36H. The van der Waals surface area contributed by atoms with E-state index >= 15 is 0 Å². The van der Waals surface area contributed by atoms with Gasteiger partial charge in [-0.25, -0.2) is 0 Å². The van der Waals surface area contributed by atoms with Crippen LogP contribution in [0.25, 0.3) is 11.1 Å². The molecule has 51 heavy (non-hydrogen) atoms. The fourth-order valence-corrected chi connectivity index (χ4v) is 8.01. The van der Waals surface area contributed by atoms with Crippen molar-refractivity contribution < 1.29 is 0 Å². The molecule has 0 saturated heterocycles. The van der Waals surface area contributed by atoms with Crippen LogP contribution in [0.4, 0.5) is 34.1 Å². The molecule has 0 aliphatic heterocycles.